The third kappa shape index (κ3) is 7.18. The molecular weight excluding hydrogens is 987 g/mol. The molecule has 0 bridgehead atoms. The molecule has 0 amide bonds. The summed E-state index contributed by atoms with van der Waals surface area (Å²) in [4.78, 5) is 12.0. The predicted octanol–water partition coefficient (Wildman–Crippen LogP) is 20.1. The number of amidine groups is 1. The number of para-hydroxylation sites is 2. The summed E-state index contributed by atoms with van der Waals surface area (Å²) in [6.07, 6.45) is 4.77. The largest absolute Gasteiger partial charge is 0.455 e. The van der Waals surface area contributed by atoms with Gasteiger partial charge < -0.3 is 13.4 Å². The Bertz CT molecular complexity index is 5150. The number of furan rings is 2. The number of aliphatic imine (C=N–C) groups is 2. The molecule has 81 heavy (non-hydrogen) atoms. The van der Waals surface area contributed by atoms with Crippen LogP contribution in [0.4, 0.5) is 0 Å². The quantitative estimate of drug-likeness (QED) is 0.172. The zero-order valence-corrected chi connectivity index (χ0v) is 44.5. The summed E-state index contributed by atoms with van der Waals surface area (Å²) in [7, 11) is 0. The van der Waals surface area contributed by atoms with Gasteiger partial charge in [0.2, 0.25) is 0 Å². The van der Waals surface area contributed by atoms with Crippen LogP contribution in [0.1, 0.15) is 59.1 Å². The van der Waals surface area contributed by atoms with E-state index in [4.69, 9.17) is 18.8 Å². The molecule has 4 heterocycles. The van der Waals surface area contributed by atoms with E-state index in [0.717, 1.165) is 112 Å². The van der Waals surface area contributed by atoms with Crippen molar-refractivity contribution in [1.82, 2.24) is 4.57 Å². The molecule has 0 spiro atoms. The molecular formula is C76H51N3O2. The standard InChI is InChI=1S/C76H51N3O2/c1-45-33-38-67(62-31-16-29-59-58-27-13-14-32-71(58)80-75(59)62)77-76(61-30-15-28-56-55-26-12-11-25-54(55)52(36-37-57(56)61)46-17-3-2-4-18-46)78-73(45)66-44-72-65(60-35-34-47-19-9-10-24-53(47)74(60)81-72)43-70(66)79-68-41-50-22-7-5-20-48(50)39-63(68)64-40-49-21-6-8-23-51(49)42-69(64)79/h2-32,34-35,38-45,52H,33,36-37H2,1H3/b67-38+,77-76?,78-73?/t45?,52-/m0/s1. The van der Waals surface area contributed by atoms with E-state index in [1.807, 2.05) is 6.07 Å². The number of hydrogen-bond donors (Lipinski definition) is 0. The van der Waals surface area contributed by atoms with Gasteiger partial charge in [0.1, 0.15) is 22.3 Å². The topological polar surface area (TPSA) is 55.9 Å². The maximum Gasteiger partial charge on any atom is 0.160 e. The summed E-state index contributed by atoms with van der Waals surface area (Å²) in [5.41, 5.74) is 17.9. The third-order valence-corrected chi connectivity index (χ3v) is 17.7. The second kappa shape index (κ2) is 18.0. The molecule has 3 aromatic heterocycles. The molecule has 0 radical (unpaired) electrons. The van der Waals surface area contributed by atoms with Gasteiger partial charge in [-0.2, -0.15) is 0 Å². The Hall–Kier alpha value is -10.1. The molecule has 2 atom stereocenters. The first-order valence-electron chi connectivity index (χ1n) is 28.4. The first kappa shape index (κ1) is 45.9. The van der Waals surface area contributed by atoms with Crippen molar-refractivity contribution in [3.8, 4) is 16.8 Å². The number of allylic oxidation sites excluding steroid dienone is 1. The average molecular weight is 1040 g/mol. The van der Waals surface area contributed by atoms with Crippen LogP contribution in [0.2, 0.25) is 0 Å². The molecule has 1 unspecified atom stereocenters. The van der Waals surface area contributed by atoms with Gasteiger partial charge in [0, 0.05) is 66.2 Å². The van der Waals surface area contributed by atoms with Crippen LogP contribution >= 0.6 is 0 Å². The highest BCUT2D eigenvalue weighted by Crippen LogP contribution is 2.46. The maximum atomic E-state index is 7.15. The van der Waals surface area contributed by atoms with Crippen LogP contribution in [0.3, 0.4) is 0 Å². The van der Waals surface area contributed by atoms with Gasteiger partial charge in [-0.05, 0) is 129 Å². The van der Waals surface area contributed by atoms with Crippen LogP contribution in [-0.4, -0.2) is 16.1 Å². The van der Waals surface area contributed by atoms with E-state index in [9.17, 15) is 0 Å². The summed E-state index contributed by atoms with van der Waals surface area (Å²) in [6.45, 7) is 2.33. The molecule has 0 fully saturated rings. The second-order valence-corrected chi connectivity index (χ2v) is 22.3. The number of nitrogens with zero attached hydrogens (tertiary/aromatic N) is 3. The second-order valence-electron chi connectivity index (χ2n) is 22.3. The van der Waals surface area contributed by atoms with E-state index in [0.29, 0.717) is 12.3 Å². The molecule has 382 valence electrons. The Morgan fingerprint density at radius 1 is 0.420 bits per heavy atom. The molecule has 0 N–H and O–H groups in total. The lowest BCUT2D eigenvalue weighted by Crippen LogP contribution is -2.20. The Morgan fingerprint density at radius 2 is 1.02 bits per heavy atom. The highest BCUT2D eigenvalue weighted by molar-refractivity contribution is 6.23. The average Bonchev–Trinajstić information content (AvgIpc) is 4.05. The molecule has 12 aromatic carbocycles. The highest BCUT2D eigenvalue weighted by atomic mass is 16.3. The van der Waals surface area contributed by atoms with Crippen LogP contribution in [0, 0.1) is 5.92 Å². The van der Waals surface area contributed by atoms with Gasteiger partial charge in [0.05, 0.1) is 28.1 Å². The van der Waals surface area contributed by atoms with Gasteiger partial charge in [-0.3, -0.25) is 0 Å². The molecule has 0 saturated heterocycles. The third-order valence-electron chi connectivity index (χ3n) is 17.7. The van der Waals surface area contributed by atoms with Crippen LogP contribution < -0.4 is 0 Å². The molecule has 0 saturated carbocycles. The minimum Gasteiger partial charge on any atom is -0.455 e. The Balaban J connectivity index is 0.968. The van der Waals surface area contributed by atoms with E-state index < -0.39 is 0 Å². The first-order valence-corrected chi connectivity index (χ1v) is 28.4. The van der Waals surface area contributed by atoms with Crippen molar-refractivity contribution in [2.75, 3.05) is 0 Å². The monoisotopic (exact) mass is 1040 g/mol. The van der Waals surface area contributed by atoms with E-state index in [1.165, 1.54) is 60.1 Å². The highest BCUT2D eigenvalue weighted by Gasteiger charge is 2.30. The Kier molecular flexibility index (Phi) is 10.2. The lowest BCUT2D eigenvalue weighted by Gasteiger charge is -2.23. The number of aromatic nitrogens is 1. The lowest BCUT2D eigenvalue weighted by molar-refractivity contribution is 0.667. The summed E-state index contributed by atoms with van der Waals surface area (Å²) in [6, 6.07) is 86.3. The van der Waals surface area contributed by atoms with Gasteiger partial charge in [-0.1, -0.05) is 195 Å². The zero-order chi connectivity index (χ0) is 53.3. The van der Waals surface area contributed by atoms with E-state index in [1.54, 1.807) is 0 Å². The molecule has 15 aromatic rings. The fraction of sp³-hybridized carbons (Fsp3) is 0.0789. The fourth-order valence-corrected chi connectivity index (χ4v) is 13.8. The van der Waals surface area contributed by atoms with Crippen molar-refractivity contribution in [1.29, 1.82) is 0 Å². The van der Waals surface area contributed by atoms with E-state index >= 15 is 0 Å². The minimum absolute atomic E-state index is 0.0814. The van der Waals surface area contributed by atoms with Crippen molar-refractivity contribution < 1.29 is 8.83 Å². The first-order chi connectivity index (χ1) is 40.1. The predicted molar refractivity (Wildman–Crippen MR) is 338 cm³/mol. The van der Waals surface area contributed by atoms with Crippen LogP contribution in [0.5, 0.6) is 0 Å². The normalized spacial score (nSPS) is 16.4. The molecule has 2 aliphatic rings. The van der Waals surface area contributed by atoms with Gasteiger partial charge in [0.25, 0.3) is 0 Å². The zero-order valence-electron chi connectivity index (χ0n) is 44.5. The number of rotatable bonds is 5. The Labute approximate surface area is 467 Å². The van der Waals surface area contributed by atoms with Gasteiger partial charge in [-0.25, -0.2) is 9.98 Å². The van der Waals surface area contributed by atoms with Crippen molar-refractivity contribution in [2.45, 2.75) is 32.1 Å². The molecule has 1 aliphatic carbocycles. The summed E-state index contributed by atoms with van der Waals surface area (Å²) >= 11 is 0. The molecule has 17 rings (SSSR count). The van der Waals surface area contributed by atoms with Crippen LogP contribution in [0.25, 0.3) is 121 Å². The number of benzene rings is 12. The van der Waals surface area contributed by atoms with Crippen molar-refractivity contribution in [3.63, 3.8) is 0 Å². The summed E-state index contributed by atoms with van der Waals surface area (Å²) in [5.74, 6) is 0.809. The lowest BCUT2D eigenvalue weighted by atomic mass is 9.86. The molecule has 1 aliphatic heterocycles. The smallest absolute Gasteiger partial charge is 0.160 e. The van der Waals surface area contributed by atoms with Crippen molar-refractivity contribution in [3.05, 3.63) is 276 Å². The number of hydrogen-bond acceptors (Lipinski definition) is 4. The SMILES string of the molecule is CC1C/C=C(\c2cccc3c2oc2ccccc23)N=C(c2cccc3c2CC[C@@H](c2ccccc2)c2ccccc2-3)N=C1c1cc2oc3c4ccccc4ccc3c2cc1-n1c2cc3ccccc3cc2c2cc3ccccc3cc21. The molecule has 5 heteroatoms. The number of fused-ring (bicyclic) bond motifs is 16. The minimum atomic E-state index is -0.0814. The van der Waals surface area contributed by atoms with Gasteiger partial charge in [0.15, 0.2) is 5.84 Å². The Morgan fingerprint density at radius 3 is 1.81 bits per heavy atom. The van der Waals surface area contributed by atoms with Crippen LogP contribution in [0.15, 0.2) is 261 Å². The molecule has 5 nitrogen and oxygen atoms in total. The van der Waals surface area contributed by atoms with Gasteiger partial charge >= 0.3 is 0 Å². The van der Waals surface area contributed by atoms with E-state index in [-0.39, 0.29) is 11.8 Å². The summed E-state index contributed by atoms with van der Waals surface area (Å²) < 4.78 is 16.5. The van der Waals surface area contributed by atoms with E-state index in [2.05, 4.69) is 248 Å². The fourth-order valence-electron chi connectivity index (χ4n) is 13.8. The van der Waals surface area contributed by atoms with Crippen molar-refractivity contribution in [2.24, 2.45) is 15.9 Å². The van der Waals surface area contributed by atoms with Gasteiger partial charge in [-0.15, -0.1) is 0 Å². The summed E-state index contributed by atoms with van der Waals surface area (Å²) in [5, 5.41) is 13.7. The van der Waals surface area contributed by atoms with Crippen molar-refractivity contribution >= 4 is 115 Å². The maximum absolute atomic E-state index is 7.15. The van der Waals surface area contributed by atoms with Crippen LogP contribution in [-0.2, 0) is 6.42 Å².